The summed E-state index contributed by atoms with van der Waals surface area (Å²) < 4.78 is 13.2. The van der Waals surface area contributed by atoms with Gasteiger partial charge in [0.25, 0.3) is 0 Å². The number of carboxylic acid groups (broad SMARTS) is 1. The Balaban J connectivity index is 3.05. The molecule has 2 unspecified atom stereocenters. The number of carbonyl (C=O) groups is 1. The molecule has 0 aliphatic rings. The average Bonchev–Trinajstić information content (AvgIpc) is 2.17. The van der Waals surface area contributed by atoms with E-state index in [1.807, 2.05) is 6.92 Å². The zero-order valence-electron chi connectivity index (χ0n) is 8.57. The molecule has 3 nitrogen and oxygen atoms in total. The third kappa shape index (κ3) is 2.33. The number of alkyl halides is 1. The highest BCUT2D eigenvalue weighted by Crippen LogP contribution is 2.27. The summed E-state index contributed by atoms with van der Waals surface area (Å²) in [6.45, 7) is 3.00. The molecule has 0 saturated carbocycles. The lowest BCUT2D eigenvalue weighted by molar-refractivity contribution is -0.153. The number of aliphatic carboxylic acids is 1. The second-order valence-corrected chi connectivity index (χ2v) is 3.71. The van der Waals surface area contributed by atoms with E-state index in [1.54, 1.807) is 12.1 Å². The molecule has 0 spiro atoms. The van der Waals surface area contributed by atoms with Crippen LogP contribution in [0.2, 0.25) is 0 Å². The smallest absolute Gasteiger partial charge is 0.341 e. The number of carboxylic acids is 1. The van der Waals surface area contributed by atoms with Gasteiger partial charge in [-0.25, -0.2) is 9.18 Å². The molecule has 1 rings (SSSR count). The number of rotatable bonds is 3. The van der Waals surface area contributed by atoms with E-state index in [-0.39, 0.29) is 5.56 Å². The summed E-state index contributed by atoms with van der Waals surface area (Å²) in [6, 6.07) is 6.42. The zero-order chi connectivity index (χ0) is 11.6. The summed E-state index contributed by atoms with van der Waals surface area (Å²) in [5, 5.41) is 18.3. The van der Waals surface area contributed by atoms with Gasteiger partial charge in [0.2, 0.25) is 6.17 Å². The Bertz CT molecular complexity index is 357. The number of aliphatic hydroxyl groups is 1. The SMILES string of the molecule is Cc1ccc(C(C)(O)C(F)C(=O)O)cc1. The summed E-state index contributed by atoms with van der Waals surface area (Å²) in [6.07, 6.45) is -2.33. The van der Waals surface area contributed by atoms with Gasteiger partial charge in [-0.3, -0.25) is 0 Å². The Morgan fingerprint density at radius 1 is 1.40 bits per heavy atom. The first-order valence-corrected chi connectivity index (χ1v) is 4.52. The summed E-state index contributed by atoms with van der Waals surface area (Å²) in [7, 11) is 0. The Kier molecular flexibility index (Phi) is 3.09. The van der Waals surface area contributed by atoms with Crippen LogP contribution < -0.4 is 0 Å². The maximum absolute atomic E-state index is 13.2. The predicted octanol–water partition coefficient (Wildman–Crippen LogP) is 1.63. The Hall–Kier alpha value is -1.42. The summed E-state index contributed by atoms with van der Waals surface area (Å²) in [4.78, 5) is 10.5. The van der Waals surface area contributed by atoms with Crippen molar-refractivity contribution in [2.75, 3.05) is 0 Å². The van der Waals surface area contributed by atoms with Crippen molar-refractivity contribution < 1.29 is 19.4 Å². The lowest BCUT2D eigenvalue weighted by Crippen LogP contribution is -2.39. The molecule has 0 aliphatic carbocycles. The molecule has 0 aliphatic heterocycles. The van der Waals surface area contributed by atoms with E-state index < -0.39 is 17.7 Å². The molecule has 0 radical (unpaired) electrons. The molecule has 0 fully saturated rings. The van der Waals surface area contributed by atoms with E-state index in [9.17, 15) is 14.3 Å². The van der Waals surface area contributed by atoms with Crippen molar-refractivity contribution in [2.45, 2.75) is 25.6 Å². The molecular weight excluding hydrogens is 199 g/mol. The van der Waals surface area contributed by atoms with Crippen LogP contribution in [0.1, 0.15) is 18.1 Å². The lowest BCUT2D eigenvalue weighted by atomic mass is 9.90. The molecule has 0 heterocycles. The van der Waals surface area contributed by atoms with Gasteiger partial charge in [-0.15, -0.1) is 0 Å². The van der Waals surface area contributed by atoms with Gasteiger partial charge in [-0.05, 0) is 19.4 Å². The fourth-order valence-electron chi connectivity index (χ4n) is 1.28. The largest absolute Gasteiger partial charge is 0.479 e. The second-order valence-electron chi connectivity index (χ2n) is 3.71. The van der Waals surface area contributed by atoms with Crippen molar-refractivity contribution in [1.29, 1.82) is 0 Å². The van der Waals surface area contributed by atoms with E-state index in [0.717, 1.165) is 12.5 Å². The standard InChI is InChI=1S/C11H13FO3/c1-7-3-5-8(6-4-7)11(2,15)9(12)10(13)14/h3-6,9,15H,1-2H3,(H,13,14). The number of hydrogen-bond donors (Lipinski definition) is 2. The quantitative estimate of drug-likeness (QED) is 0.800. The second kappa shape index (κ2) is 3.98. The van der Waals surface area contributed by atoms with Gasteiger partial charge < -0.3 is 10.2 Å². The van der Waals surface area contributed by atoms with Crippen LogP contribution in [-0.2, 0) is 10.4 Å². The molecule has 2 atom stereocenters. The molecule has 1 aromatic carbocycles. The minimum Gasteiger partial charge on any atom is -0.479 e. The molecule has 2 N–H and O–H groups in total. The highest BCUT2D eigenvalue weighted by molar-refractivity contribution is 5.74. The van der Waals surface area contributed by atoms with Crippen LogP contribution in [0.25, 0.3) is 0 Å². The van der Waals surface area contributed by atoms with Gasteiger partial charge in [0.15, 0.2) is 0 Å². The first-order chi connectivity index (χ1) is 6.85. The minimum atomic E-state index is -2.33. The Morgan fingerprint density at radius 3 is 2.27 bits per heavy atom. The van der Waals surface area contributed by atoms with Gasteiger partial charge in [-0.2, -0.15) is 0 Å². The number of aryl methyl sites for hydroxylation is 1. The van der Waals surface area contributed by atoms with Gasteiger partial charge in [0, 0.05) is 0 Å². The van der Waals surface area contributed by atoms with E-state index in [4.69, 9.17) is 5.11 Å². The van der Waals surface area contributed by atoms with E-state index in [0.29, 0.717) is 0 Å². The number of halogens is 1. The van der Waals surface area contributed by atoms with Crippen molar-refractivity contribution >= 4 is 5.97 Å². The topological polar surface area (TPSA) is 57.5 Å². The lowest BCUT2D eigenvalue weighted by Gasteiger charge is -2.25. The molecule has 0 bridgehead atoms. The highest BCUT2D eigenvalue weighted by atomic mass is 19.1. The van der Waals surface area contributed by atoms with Crippen LogP contribution in [0.4, 0.5) is 4.39 Å². The van der Waals surface area contributed by atoms with Crippen LogP contribution in [0.15, 0.2) is 24.3 Å². The molecule has 15 heavy (non-hydrogen) atoms. The van der Waals surface area contributed by atoms with Crippen LogP contribution in [0.5, 0.6) is 0 Å². The molecular formula is C11H13FO3. The zero-order valence-corrected chi connectivity index (χ0v) is 8.57. The van der Waals surface area contributed by atoms with Crippen molar-refractivity contribution in [3.8, 4) is 0 Å². The monoisotopic (exact) mass is 212 g/mol. The fraction of sp³-hybridized carbons (Fsp3) is 0.364. The third-order valence-electron chi connectivity index (χ3n) is 2.35. The maximum Gasteiger partial charge on any atom is 0.341 e. The fourth-order valence-corrected chi connectivity index (χ4v) is 1.28. The average molecular weight is 212 g/mol. The minimum absolute atomic E-state index is 0.253. The molecule has 0 amide bonds. The normalized spacial score (nSPS) is 16.8. The molecule has 82 valence electrons. The van der Waals surface area contributed by atoms with Gasteiger partial charge in [0.1, 0.15) is 5.60 Å². The molecule has 1 aromatic rings. The Labute approximate surface area is 87.2 Å². The van der Waals surface area contributed by atoms with E-state index in [2.05, 4.69) is 0 Å². The van der Waals surface area contributed by atoms with E-state index >= 15 is 0 Å². The van der Waals surface area contributed by atoms with Gasteiger partial charge >= 0.3 is 5.97 Å². The summed E-state index contributed by atoms with van der Waals surface area (Å²) in [5.41, 5.74) is -0.789. The van der Waals surface area contributed by atoms with Crippen molar-refractivity contribution in [1.82, 2.24) is 0 Å². The highest BCUT2D eigenvalue weighted by Gasteiger charge is 2.39. The molecule has 4 heteroatoms. The van der Waals surface area contributed by atoms with Crippen LogP contribution in [-0.4, -0.2) is 22.4 Å². The molecule has 0 aromatic heterocycles. The maximum atomic E-state index is 13.2. The van der Waals surface area contributed by atoms with Gasteiger partial charge in [-0.1, -0.05) is 29.8 Å². The first-order valence-electron chi connectivity index (χ1n) is 4.52. The van der Waals surface area contributed by atoms with E-state index in [1.165, 1.54) is 12.1 Å². The third-order valence-corrected chi connectivity index (χ3v) is 2.35. The summed E-state index contributed by atoms with van der Waals surface area (Å²) >= 11 is 0. The van der Waals surface area contributed by atoms with Crippen LogP contribution >= 0.6 is 0 Å². The predicted molar refractivity (Wildman–Crippen MR) is 53.3 cm³/mol. The number of hydrogen-bond acceptors (Lipinski definition) is 2. The first kappa shape index (κ1) is 11.7. The van der Waals surface area contributed by atoms with Gasteiger partial charge in [0.05, 0.1) is 0 Å². The number of benzene rings is 1. The van der Waals surface area contributed by atoms with Crippen LogP contribution in [0, 0.1) is 6.92 Å². The van der Waals surface area contributed by atoms with Crippen molar-refractivity contribution in [3.05, 3.63) is 35.4 Å². The van der Waals surface area contributed by atoms with Crippen LogP contribution in [0.3, 0.4) is 0 Å². The Morgan fingerprint density at radius 2 is 1.87 bits per heavy atom. The van der Waals surface area contributed by atoms with Crippen molar-refractivity contribution in [3.63, 3.8) is 0 Å². The summed E-state index contributed by atoms with van der Waals surface area (Å²) in [5.74, 6) is -1.67. The van der Waals surface area contributed by atoms with Crippen molar-refractivity contribution in [2.24, 2.45) is 0 Å². The molecule has 0 saturated heterocycles.